The maximum Gasteiger partial charge on any atom is 0.307 e. The average molecular weight is 211 g/mol. The topological polar surface area (TPSA) is 29.5 Å². The number of carbonyl (C=O) groups is 1. The van der Waals surface area contributed by atoms with Crippen molar-refractivity contribution in [2.75, 3.05) is 13.2 Å². The Labute approximate surface area is 91.8 Å². The molecule has 3 nitrogen and oxygen atoms in total. The van der Waals surface area contributed by atoms with Gasteiger partial charge in [-0.2, -0.15) is 0 Å². The number of carbonyl (C=O) groups excluding carboxylic acids is 1. The number of likely N-dealkylation sites (tertiary alicyclic amines) is 1. The van der Waals surface area contributed by atoms with E-state index in [4.69, 9.17) is 4.74 Å². The van der Waals surface area contributed by atoms with Gasteiger partial charge in [-0.15, -0.1) is 0 Å². The van der Waals surface area contributed by atoms with Gasteiger partial charge in [0.05, 0.1) is 13.0 Å². The minimum atomic E-state index is -0.0484. The Morgan fingerprint density at radius 1 is 1.53 bits per heavy atom. The van der Waals surface area contributed by atoms with E-state index >= 15 is 0 Å². The number of nitrogens with zero attached hydrogens (tertiary/aromatic N) is 1. The fourth-order valence-electron chi connectivity index (χ4n) is 3.08. The summed E-state index contributed by atoms with van der Waals surface area (Å²) < 4.78 is 4.99. The SMILES string of the molecule is CCOC(=O)CC(C)N1CC2CCC1C2. The number of esters is 1. The van der Waals surface area contributed by atoms with Crippen molar-refractivity contribution in [3.05, 3.63) is 0 Å². The van der Waals surface area contributed by atoms with E-state index in [1.165, 1.54) is 25.8 Å². The maximum absolute atomic E-state index is 11.4. The van der Waals surface area contributed by atoms with Crippen molar-refractivity contribution < 1.29 is 9.53 Å². The molecule has 0 amide bonds. The molecule has 0 aromatic heterocycles. The molecule has 1 saturated heterocycles. The van der Waals surface area contributed by atoms with E-state index in [1.807, 2.05) is 6.92 Å². The van der Waals surface area contributed by atoms with Gasteiger partial charge < -0.3 is 4.74 Å². The predicted molar refractivity (Wildman–Crippen MR) is 58.5 cm³/mol. The van der Waals surface area contributed by atoms with Gasteiger partial charge in [0, 0.05) is 18.6 Å². The summed E-state index contributed by atoms with van der Waals surface area (Å²) in [4.78, 5) is 13.9. The summed E-state index contributed by atoms with van der Waals surface area (Å²) >= 11 is 0. The molecule has 2 aliphatic rings. The highest BCUT2D eigenvalue weighted by Gasteiger charge is 2.40. The minimum Gasteiger partial charge on any atom is -0.466 e. The number of rotatable bonds is 4. The van der Waals surface area contributed by atoms with E-state index < -0.39 is 0 Å². The van der Waals surface area contributed by atoms with E-state index in [9.17, 15) is 4.79 Å². The monoisotopic (exact) mass is 211 g/mol. The molecule has 2 rings (SSSR count). The van der Waals surface area contributed by atoms with Gasteiger partial charge in [-0.05, 0) is 39.0 Å². The molecular weight excluding hydrogens is 190 g/mol. The van der Waals surface area contributed by atoms with Crippen LogP contribution < -0.4 is 0 Å². The van der Waals surface area contributed by atoms with Crippen molar-refractivity contribution >= 4 is 5.97 Å². The third-order valence-corrected chi connectivity index (χ3v) is 3.79. The molecule has 86 valence electrons. The van der Waals surface area contributed by atoms with Crippen LogP contribution in [0.25, 0.3) is 0 Å². The highest BCUT2D eigenvalue weighted by atomic mass is 16.5. The lowest BCUT2D eigenvalue weighted by Crippen LogP contribution is -2.40. The van der Waals surface area contributed by atoms with Gasteiger partial charge in [0.15, 0.2) is 0 Å². The van der Waals surface area contributed by atoms with E-state index in [2.05, 4.69) is 11.8 Å². The molecule has 0 aromatic rings. The highest BCUT2D eigenvalue weighted by Crippen LogP contribution is 2.38. The minimum absolute atomic E-state index is 0.0484. The summed E-state index contributed by atoms with van der Waals surface area (Å²) in [6.07, 6.45) is 4.63. The molecule has 3 heteroatoms. The number of fused-ring (bicyclic) bond motifs is 2. The molecule has 0 radical (unpaired) electrons. The second-order valence-electron chi connectivity index (χ2n) is 4.89. The first-order valence-electron chi connectivity index (χ1n) is 6.12. The van der Waals surface area contributed by atoms with Gasteiger partial charge in [-0.3, -0.25) is 9.69 Å². The van der Waals surface area contributed by atoms with Gasteiger partial charge >= 0.3 is 5.97 Å². The number of piperidine rings is 1. The largest absolute Gasteiger partial charge is 0.466 e. The van der Waals surface area contributed by atoms with Gasteiger partial charge in [0.25, 0.3) is 0 Å². The molecule has 0 N–H and O–H groups in total. The van der Waals surface area contributed by atoms with Crippen LogP contribution in [-0.2, 0) is 9.53 Å². The van der Waals surface area contributed by atoms with Crippen LogP contribution in [0, 0.1) is 5.92 Å². The van der Waals surface area contributed by atoms with Crippen molar-refractivity contribution in [3.63, 3.8) is 0 Å². The van der Waals surface area contributed by atoms with Crippen LogP contribution in [0.1, 0.15) is 39.5 Å². The lowest BCUT2D eigenvalue weighted by Gasteiger charge is -2.32. The lowest BCUT2D eigenvalue weighted by molar-refractivity contribution is -0.144. The Balaban J connectivity index is 1.81. The second-order valence-corrected chi connectivity index (χ2v) is 4.89. The Morgan fingerprint density at radius 3 is 2.87 bits per heavy atom. The molecule has 15 heavy (non-hydrogen) atoms. The maximum atomic E-state index is 11.4. The normalized spacial score (nSPS) is 31.9. The number of ether oxygens (including phenoxy) is 1. The Hall–Kier alpha value is -0.570. The summed E-state index contributed by atoms with van der Waals surface area (Å²) in [6, 6.07) is 1.11. The van der Waals surface area contributed by atoms with Crippen molar-refractivity contribution in [2.45, 2.75) is 51.6 Å². The lowest BCUT2D eigenvalue weighted by atomic mass is 10.1. The molecule has 3 unspecified atom stereocenters. The molecule has 2 fully saturated rings. The first-order chi connectivity index (χ1) is 7.20. The van der Waals surface area contributed by atoms with Gasteiger partial charge in [-0.1, -0.05) is 0 Å². The molecule has 1 aliphatic heterocycles. The van der Waals surface area contributed by atoms with Crippen LogP contribution in [0.15, 0.2) is 0 Å². The Morgan fingerprint density at radius 2 is 2.33 bits per heavy atom. The summed E-state index contributed by atoms with van der Waals surface area (Å²) in [5, 5.41) is 0. The first-order valence-corrected chi connectivity index (χ1v) is 6.12. The zero-order chi connectivity index (χ0) is 10.8. The summed E-state index contributed by atoms with van der Waals surface area (Å²) in [6.45, 7) is 5.71. The van der Waals surface area contributed by atoms with Crippen molar-refractivity contribution in [3.8, 4) is 0 Å². The summed E-state index contributed by atoms with van der Waals surface area (Å²) in [7, 11) is 0. The number of hydrogen-bond acceptors (Lipinski definition) is 3. The predicted octanol–water partition coefficient (Wildman–Crippen LogP) is 1.81. The summed E-state index contributed by atoms with van der Waals surface area (Å²) in [5.41, 5.74) is 0. The van der Waals surface area contributed by atoms with E-state index in [0.29, 0.717) is 19.1 Å². The molecule has 1 aliphatic carbocycles. The van der Waals surface area contributed by atoms with Crippen LogP contribution in [-0.4, -0.2) is 36.1 Å². The summed E-state index contributed by atoms with van der Waals surface area (Å²) in [5.74, 6) is 0.854. The van der Waals surface area contributed by atoms with Crippen molar-refractivity contribution in [1.82, 2.24) is 4.90 Å². The molecule has 0 aromatic carbocycles. The van der Waals surface area contributed by atoms with Crippen LogP contribution >= 0.6 is 0 Å². The van der Waals surface area contributed by atoms with Crippen LogP contribution in [0.4, 0.5) is 0 Å². The van der Waals surface area contributed by atoms with Crippen LogP contribution in [0.3, 0.4) is 0 Å². The fourth-order valence-corrected chi connectivity index (χ4v) is 3.08. The average Bonchev–Trinajstić information content (AvgIpc) is 2.78. The third kappa shape index (κ3) is 2.33. The fraction of sp³-hybridized carbons (Fsp3) is 0.917. The van der Waals surface area contributed by atoms with Gasteiger partial charge in [0.1, 0.15) is 0 Å². The zero-order valence-electron chi connectivity index (χ0n) is 9.74. The van der Waals surface area contributed by atoms with Crippen molar-refractivity contribution in [1.29, 1.82) is 0 Å². The first kappa shape index (κ1) is 10.9. The van der Waals surface area contributed by atoms with Gasteiger partial charge in [-0.25, -0.2) is 0 Å². The van der Waals surface area contributed by atoms with Crippen LogP contribution in [0.2, 0.25) is 0 Å². The Bertz CT molecular complexity index is 242. The molecule has 0 spiro atoms. The molecule has 1 heterocycles. The quantitative estimate of drug-likeness (QED) is 0.664. The second kappa shape index (κ2) is 4.52. The molecule has 3 atom stereocenters. The zero-order valence-corrected chi connectivity index (χ0v) is 9.74. The smallest absolute Gasteiger partial charge is 0.307 e. The number of hydrogen-bond donors (Lipinski definition) is 0. The highest BCUT2D eigenvalue weighted by molar-refractivity contribution is 5.70. The molecule has 2 bridgehead atoms. The molecular formula is C12H21NO2. The van der Waals surface area contributed by atoms with Crippen LogP contribution in [0.5, 0.6) is 0 Å². The molecule has 1 saturated carbocycles. The van der Waals surface area contributed by atoms with Crippen molar-refractivity contribution in [2.24, 2.45) is 5.92 Å². The van der Waals surface area contributed by atoms with E-state index in [1.54, 1.807) is 0 Å². The van der Waals surface area contributed by atoms with E-state index in [0.717, 1.165) is 12.0 Å². The van der Waals surface area contributed by atoms with E-state index in [-0.39, 0.29) is 5.97 Å². The third-order valence-electron chi connectivity index (χ3n) is 3.79. The Kier molecular flexibility index (Phi) is 3.29. The van der Waals surface area contributed by atoms with Gasteiger partial charge in [0.2, 0.25) is 0 Å². The standard InChI is InChI=1S/C12H21NO2/c1-3-15-12(14)6-9(2)13-8-10-4-5-11(13)7-10/h9-11H,3-8H2,1-2H3.